The quantitative estimate of drug-likeness (QED) is 0.729. The average molecular weight is 392 g/mol. The van der Waals surface area contributed by atoms with Crippen LogP contribution in [0.15, 0.2) is 43.7 Å². The Kier molecular flexibility index (Phi) is 6.69. The summed E-state index contributed by atoms with van der Waals surface area (Å²) in [5.74, 6) is 0. The zero-order valence-corrected chi connectivity index (χ0v) is 14.6. The Morgan fingerprint density at radius 2 is 1.89 bits per heavy atom. The van der Waals surface area contributed by atoms with E-state index in [2.05, 4.69) is 29.5 Å². The van der Waals surface area contributed by atoms with Crippen molar-refractivity contribution in [3.8, 4) is 0 Å². The topological polar surface area (TPSA) is 37.3 Å². The summed E-state index contributed by atoms with van der Waals surface area (Å²) in [4.78, 5) is 1.65. The first-order chi connectivity index (χ1) is 8.88. The van der Waals surface area contributed by atoms with E-state index < -0.39 is 16.4 Å². The molecule has 0 radical (unpaired) electrons. The van der Waals surface area contributed by atoms with Crippen LogP contribution in [0.3, 0.4) is 0 Å². The van der Waals surface area contributed by atoms with E-state index in [4.69, 9.17) is 0 Å². The van der Waals surface area contributed by atoms with Gasteiger partial charge in [0.2, 0.25) is 0 Å². The van der Waals surface area contributed by atoms with Crippen molar-refractivity contribution < 1.29 is 9.32 Å². The second-order valence-corrected chi connectivity index (χ2v) is 7.56. The van der Waals surface area contributed by atoms with Crippen molar-refractivity contribution >= 4 is 33.4 Å². The molecule has 1 aromatic rings. The molecule has 1 unspecified atom stereocenters. The monoisotopic (exact) mass is 392 g/mol. The largest absolute Gasteiger partial charge is 0.385 e. The Hall–Kier alpha value is -0.200. The minimum Gasteiger partial charge on any atom is -0.385 e. The third-order valence-corrected chi connectivity index (χ3v) is 6.61. The predicted molar refractivity (Wildman–Crippen MR) is 89.7 cm³/mol. The second-order valence-electron chi connectivity index (χ2n) is 4.98. The van der Waals surface area contributed by atoms with Gasteiger partial charge in [-0.05, 0) is 61.4 Å². The maximum atomic E-state index is 12.7. The molecule has 0 saturated heterocycles. The van der Waals surface area contributed by atoms with Gasteiger partial charge in [-0.15, -0.1) is 0 Å². The lowest BCUT2D eigenvalue weighted by atomic mass is 10.1. The normalized spacial score (nSPS) is 15.0. The molecule has 0 fully saturated rings. The molecule has 1 rings (SSSR count). The van der Waals surface area contributed by atoms with Gasteiger partial charge in [-0.3, -0.25) is 0 Å². The average Bonchev–Trinajstić information content (AvgIpc) is 2.38. The van der Waals surface area contributed by atoms with E-state index in [1.165, 1.54) is 0 Å². The fourth-order valence-corrected chi connectivity index (χ4v) is 3.95. The Morgan fingerprint density at radius 3 is 2.37 bits per heavy atom. The molecule has 0 heterocycles. The summed E-state index contributed by atoms with van der Waals surface area (Å²) in [5.41, 5.74) is -0.936. The molecular formula is C15H21IO2S. The van der Waals surface area contributed by atoms with Gasteiger partial charge in [0, 0.05) is 13.4 Å². The second kappa shape index (κ2) is 7.55. The standard InChI is InChI=1S/C15H21IO2S/c1-4-5-11-13(14(16)15(2,3)17)19(18)12-9-7-6-8-10-12/h6-10,17H,4-5,11H2,1-3H3/b14-13+. The van der Waals surface area contributed by atoms with E-state index >= 15 is 0 Å². The molecule has 2 nitrogen and oxygen atoms in total. The highest BCUT2D eigenvalue weighted by Crippen LogP contribution is 2.32. The van der Waals surface area contributed by atoms with E-state index in [9.17, 15) is 9.32 Å². The van der Waals surface area contributed by atoms with Crippen LogP contribution in [0.2, 0.25) is 0 Å². The van der Waals surface area contributed by atoms with Gasteiger partial charge >= 0.3 is 0 Å². The number of allylic oxidation sites excluding steroid dienone is 1. The van der Waals surface area contributed by atoms with Crippen molar-refractivity contribution in [3.63, 3.8) is 0 Å². The van der Waals surface area contributed by atoms with Crippen LogP contribution >= 0.6 is 22.6 Å². The van der Waals surface area contributed by atoms with Gasteiger partial charge in [0.05, 0.1) is 16.4 Å². The Morgan fingerprint density at radius 1 is 1.32 bits per heavy atom. The molecule has 1 atom stereocenters. The summed E-state index contributed by atoms with van der Waals surface area (Å²) in [6.07, 6.45) is 2.79. The lowest BCUT2D eigenvalue weighted by molar-refractivity contribution is 0.130. The fraction of sp³-hybridized carbons (Fsp3) is 0.467. The predicted octanol–water partition coefficient (Wildman–Crippen LogP) is 4.40. The highest BCUT2D eigenvalue weighted by molar-refractivity contribution is 14.1. The van der Waals surface area contributed by atoms with Gasteiger partial charge in [-0.1, -0.05) is 31.5 Å². The van der Waals surface area contributed by atoms with Crippen molar-refractivity contribution in [3.05, 3.63) is 38.8 Å². The summed E-state index contributed by atoms with van der Waals surface area (Å²) < 4.78 is 13.5. The molecule has 19 heavy (non-hydrogen) atoms. The summed E-state index contributed by atoms with van der Waals surface area (Å²) in [6, 6.07) is 9.44. The number of benzene rings is 1. The molecule has 0 aliphatic heterocycles. The number of halogens is 1. The maximum Gasteiger partial charge on any atom is 0.0905 e. The zero-order valence-electron chi connectivity index (χ0n) is 11.6. The van der Waals surface area contributed by atoms with E-state index in [0.29, 0.717) is 0 Å². The minimum atomic E-state index is -1.19. The number of aliphatic hydroxyl groups is 1. The van der Waals surface area contributed by atoms with Gasteiger partial charge in [0.15, 0.2) is 0 Å². The molecule has 1 N–H and O–H groups in total. The zero-order chi connectivity index (χ0) is 14.5. The van der Waals surface area contributed by atoms with E-state index in [0.717, 1.165) is 32.6 Å². The maximum absolute atomic E-state index is 12.7. The number of hydrogen-bond donors (Lipinski definition) is 1. The van der Waals surface area contributed by atoms with Crippen LogP contribution in [0.25, 0.3) is 0 Å². The van der Waals surface area contributed by atoms with Gasteiger partial charge in [0.25, 0.3) is 0 Å². The SMILES string of the molecule is CCCC/C(=C(\I)C(C)(C)O)S(=O)c1ccccc1. The van der Waals surface area contributed by atoms with E-state index in [1.54, 1.807) is 13.8 Å². The molecule has 0 spiro atoms. The number of unbranched alkanes of at least 4 members (excludes halogenated alkanes) is 1. The van der Waals surface area contributed by atoms with Gasteiger partial charge in [-0.25, -0.2) is 4.21 Å². The first-order valence-corrected chi connectivity index (χ1v) is 8.69. The molecule has 0 aliphatic carbocycles. The lowest BCUT2D eigenvalue weighted by Crippen LogP contribution is -2.21. The Balaban J connectivity index is 3.15. The van der Waals surface area contributed by atoms with Crippen molar-refractivity contribution in [1.82, 2.24) is 0 Å². The van der Waals surface area contributed by atoms with E-state index in [1.807, 2.05) is 30.3 Å². The molecule has 106 valence electrons. The smallest absolute Gasteiger partial charge is 0.0905 e. The van der Waals surface area contributed by atoms with Crippen molar-refractivity contribution in [1.29, 1.82) is 0 Å². The first kappa shape index (κ1) is 16.9. The summed E-state index contributed by atoms with van der Waals surface area (Å²) in [5, 5.41) is 10.2. The van der Waals surface area contributed by atoms with Gasteiger partial charge in [-0.2, -0.15) is 0 Å². The molecular weight excluding hydrogens is 371 g/mol. The van der Waals surface area contributed by atoms with Crippen LogP contribution in [0.5, 0.6) is 0 Å². The molecule has 0 bridgehead atoms. The first-order valence-electron chi connectivity index (χ1n) is 6.46. The number of rotatable bonds is 6. The van der Waals surface area contributed by atoms with Crippen LogP contribution in [0.4, 0.5) is 0 Å². The van der Waals surface area contributed by atoms with Crippen LogP contribution in [-0.4, -0.2) is 14.9 Å². The van der Waals surface area contributed by atoms with Crippen molar-refractivity contribution in [2.24, 2.45) is 0 Å². The molecule has 0 aliphatic rings. The fourth-order valence-electron chi connectivity index (χ4n) is 1.65. The van der Waals surface area contributed by atoms with Crippen LogP contribution in [0.1, 0.15) is 40.0 Å². The van der Waals surface area contributed by atoms with E-state index in [-0.39, 0.29) is 0 Å². The molecule has 0 amide bonds. The minimum absolute atomic E-state index is 0.764. The van der Waals surface area contributed by atoms with Gasteiger partial charge in [0.1, 0.15) is 0 Å². The molecule has 0 saturated carbocycles. The molecule has 1 aromatic carbocycles. The summed E-state index contributed by atoms with van der Waals surface area (Å²) in [7, 11) is -1.19. The summed E-state index contributed by atoms with van der Waals surface area (Å²) in [6.45, 7) is 5.59. The molecule has 4 heteroatoms. The Bertz CT molecular complexity index is 461. The molecule has 0 aromatic heterocycles. The number of hydrogen-bond acceptors (Lipinski definition) is 2. The summed E-state index contributed by atoms with van der Waals surface area (Å²) >= 11 is 2.13. The lowest BCUT2D eigenvalue weighted by Gasteiger charge is -2.21. The van der Waals surface area contributed by atoms with Crippen LogP contribution < -0.4 is 0 Å². The highest BCUT2D eigenvalue weighted by atomic mass is 127. The van der Waals surface area contributed by atoms with Crippen LogP contribution in [-0.2, 0) is 10.8 Å². The van der Waals surface area contributed by atoms with Gasteiger partial charge < -0.3 is 5.11 Å². The third-order valence-electron chi connectivity index (χ3n) is 2.72. The Labute approximate surface area is 131 Å². The highest BCUT2D eigenvalue weighted by Gasteiger charge is 2.24. The van der Waals surface area contributed by atoms with Crippen LogP contribution in [0, 0.1) is 0 Å². The van der Waals surface area contributed by atoms with Crippen molar-refractivity contribution in [2.75, 3.05) is 0 Å². The third kappa shape index (κ3) is 5.00. The van der Waals surface area contributed by atoms with Crippen molar-refractivity contribution in [2.45, 2.75) is 50.5 Å².